The topological polar surface area (TPSA) is 75.4 Å². The van der Waals surface area contributed by atoms with Crippen LogP contribution >= 0.6 is 0 Å². The molecule has 1 aliphatic rings. The summed E-state index contributed by atoms with van der Waals surface area (Å²) in [6.07, 6.45) is 3.20. The number of rotatable bonds is 5. The Morgan fingerprint density at radius 1 is 1.24 bits per heavy atom. The third-order valence-electron chi connectivity index (χ3n) is 4.02. The van der Waals surface area contributed by atoms with E-state index in [1.54, 1.807) is 0 Å². The van der Waals surface area contributed by atoms with Gasteiger partial charge in [-0.15, -0.1) is 4.83 Å². The molecular weight excluding hydrogens is 286 g/mol. The fourth-order valence-corrected chi connectivity index (χ4v) is 4.22. The Balaban J connectivity index is 2.07. The summed E-state index contributed by atoms with van der Waals surface area (Å²) >= 11 is 0. The van der Waals surface area contributed by atoms with E-state index >= 15 is 0 Å². The highest BCUT2D eigenvalue weighted by molar-refractivity contribution is 7.88. The first-order chi connectivity index (χ1) is 9.91. The van der Waals surface area contributed by atoms with Crippen LogP contribution in [-0.2, 0) is 22.3 Å². The average Bonchev–Trinajstić information content (AvgIpc) is 2.43. The van der Waals surface area contributed by atoms with Gasteiger partial charge in [0.2, 0.25) is 10.0 Å². The first kappa shape index (κ1) is 16.4. The number of nitrogens with zero attached hydrogens (tertiary/aromatic N) is 1. The zero-order valence-electron chi connectivity index (χ0n) is 12.7. The van der Waals surface area contributed by atoms with Gasteiger partial charge in [-0.25, -0.2) is 13.4 Å². The Hall–Kier alpha value is -0.950. The number of nitrogens with one attached hydrogen (secondary N) is 1. The van der Waals surface area contributed by atoms with Crippen molar-refractivity contribution in [2.75, 3.05) is 0 Å². The van der Waals surface area contributed by atoms with Crippen molar-refractivity contribution in [1.29, 1.82) is 0 Å². The first-order valence-corrected chi connectivity index (χ1v) is 9.13. The van der Waals surface area contributed by atoms with Crippen LogP contribution in [-0.4, -0.2) is 25.5 Å². The molecule has 1 aromatic rings. The minimum Gasteiger partial charge on any atom is -0.326 e. The van der Waals surface area contributed by atoms with Gasteiger partial charge in [-0.1, -0.05) is 30.7 Å². The molecule has 118 valence electrons. The largest absolute Gasteiger partial charge is 0.326 e. The van der Waals surface area contributed by atoms with Crippen molar-refractivity contribution in [2.24, 2.45) is 5.73 Å². The maximum atomic E-state index is 12.4. The Labute approximate surface area is 127 Å². The molecule has 1 aromatic carbocycles. The predicted molar refractivity (Wildman–Crippen MR) is 84.7 cm³/mol. The number of benzene rings is 1. The standard InChI is InChI=1S/C15H25N3O2S/c1-12-5-3-6-13(2)18(12)17-21(19,20)11-15-8-4-7-14(9-15)10-16/h4,7-9,12-13,17H,3,5-6,10-11,16H2,1-2H3. The lowest BCUT2D eigenvalue weighted by Crippen LogP contribution is -2.54. The summed E-state index contributed by atoms with van der Waals surface area (Å²) in [4.78, 5) is 2.75. The van der Waals surface area contributed by atoms with Crippen LogP contribution in [0, 0.1) is 0 Å². The fourth-order valence-electron chi connectivity index (χ4n) is 2.86. The van der Waals surface area contributed by atoms with E-state index in [1.807, 2.05) is 29.3 Å². The smallest absolute Gasteiger partial charge is 0.228 e. The highest BCUT2D eigenvalue weighted by Crippen LogP contribution is 2.21. The quantitative estimate of drug-likeness (QED) is 0.868. The van der Waals surface area contributed by atoms with Gasteiger partial charge in [0.25, 0.3) is 0 Å². The van der Waals surface area contributed by atoms with Crippen molar-refractivity contribution in [3.63, 3.8) is 0 Å². The van der Waals surface area contributed by atoms with Gasteiger partial charge in [0.1, 0.15) is 0 Å². The molecule has 21 heavy (non-hydrogen) atoms. The Kier molecular flexibility index (Phi) is 5.37. The van der Waals surface area contributed by atoms with Crippen molar-refractivity contribution in [1.82, 2.24) is 9.84 Å². The minimum atomic E-state index is -3.39. The number of hydrogen-bond donors (Lipinski definition) is 2. The van der Waals surface area contributed by atoms with Gasteiger partial charge >= 0.3 is 0 Å². The molecule has 2 rings (SSSR count). The Bertz CT molecular complexity index is 564. The van der Waals surface area contributed by atoms with Gasteiger partial charge in [0.05, 0.1) is 5.75 Å². The summed E-state index contributed by atoms with van der Waals surface area (Å²) in [5.74, 6) is -0.0171. The van der Waals surface area contributed by atoms with Crippen molar-refractivity contribution in [2.45, 2.75) is 57.5 Å². The normalized spacial score (nSPS) is 24.1. The molecule has 2 atom stereocenters. The van der Waals surface area contributed by atoms with Crippen LogP contribution in [0.15, 0.2) is 24.3 Å². The van der Waals surface area contributed by atoms with Gasteiger partial charge in [-0.3, -0.25) is 0 Å². The average molecular weight is 311 g/mol. The van der Waals surface area contributed by atoms with E-state index in [0.29, 0.717) is 6.54 Å². The number of hydrogen-bond acceptors (Lipinski definition) is 4. The molecule has 3 N–H and O–H groups in total. The lowest BCUT2D eigenvalue weighted by atomic mass is 10.0. The SMILES string of the molecule is CC1CCCC(C)N1NS(=O)(=O)Cc1cccc(CN)c1. The monoisotopic (exact) mass is 311 g/mol. The number of piperidine rings is 1. The zero-order chi connectivity index (χ0) is 15.5. The number of sulfonamides is 1. The lowest BCUT2D eigenvalue weighted by Gasteiger charge is -2.38. The molecule has 0 aromatic heterocycles. The van der Waals surface area contributed by atoms with E-state index in [4.69, 9.17) is 5.73 Å². The molecule has 6 heteroatoms. The van der Waals surface area contributed by atoms with Gasteiger partial charge in [0, 0.05) is 18.6 Å². The number of hydrazine groups is 1. The van der Waals surface area contributed by atoms with Gasteiger partial charge in [0.15, 0.2) is 0 Å². The van der Waals surface area contributed by atoms with Crippen molar-refractivity contribution >= 4 is 10.0 Å². The van der Waals surface area contributed by atoms with Crippen molar-refractivity contribution in [3.8, 4) is 0 Å². The van der Waals surface area contributed by atoms with E-state index < -0.39 is 10.0 Å². The summed E-state index contributed by atoms with van der Waals surface area (Å²) in [5, 5.41) is 1.88. The second-order valence-electron chi connectivity index (χ2n) is 5.91. The van der Waals surface area contributed by atoms with Gasteiger partial charge < -0.3 is 5.73 Å². The summed E-state index contributed by atoms with van der Waals surface area (Å²) in [5.41, 5.74) is 7.31. The molecule has 0 radical (unpaired) electrons. The summed E-state index contributed by atoms with van der Waals surface area (Å²) in [7, 11) is -3.39. The van der Waals surface area contributed by atoms with Crippen LogP contribution in [0.5, 0.6) is 0 Å². The second kappa shape index (κ2) is 6.87. The predicted octanol–water partition coefficient (Wildman–Crippen LogP) is 1.74. The second-order valence-corrected chi connectivity index (χ2v) is 7.61. The van der Waals surface area contributed by atoms with Gasteiger partial charge in [-0.2, -0.15) is 0 Å². The van der Waals surface area contributed by atoms with E-state index in [-0.39, 0.29) is 17.8 Å². The third kappa shape index (κ3) is 4.51. The van der Waals surface area contributed by atoms with Crippen LogP contribution in [0.25, 0.3) is 0 Å². The Morgan fingerprint density at radius 2 is 1.86 bits per heavy atom. The molecule has 2 unspecified atom stereocenters. The van der Waals surface area contributed by atoms with Crippen molar-refractivity contribution in [3.05, 3.63) is 35.4 Å². The van der Waals surface area contributed by atoms with Gasteiger partial charge in [-0.05, 0) is 37.8 Å². The maximum Gasteiger partial charge on any atom is 0.228 e. The third-order valence-corrected chi connectivity index (χ3v) is 5.22. The highest BCUT2D eigenvalue weighted by Gasteiger charge is 2.28. The van der Waals surface area contributed by atoms with Crippen LogP contribution in [0.4, 0.5) is 0 Å². The van der Waals surface area contributed by atoms with E-state index in [2.05, 4.69) is 18.7 Å². The molecule has 1 fully saturated rings. The fraction of sp³-hybridized carbons (Fsp3) is 0.600. The van der Waals surface area contributed by atoms with Crippen LogP contribution in [0.2, 0.25) is 0 Å². The minimum absolute atomic E-state index is 0.0171. The molecule has 0 aliphatic carbocycles. The first-order valence-electron chi connectivity index (χ1n) is 7.47. The molecule has 1 aliphatic heterocycles. The number of nitrogens with two attached hydrogens (primary N) is 1. The molecule has 0 saturated carbocycles. The van der Waals surface area contributed by atoms with E-state index in [0.717, 1.165) is 30.4 Å². The van der Waals surface area contributed by atoms with E-state index in [9.17, 15) is 8.42 Å². The Morgan fingerprint density at radius 3 is 2.48 bits per heavy atom. The molecule has 0 bridgehead atoms. The lowest BCUT2D eigenvalue weighted by molar-refractivity contribution is 0.0790. The van der Waals surface area contributed by atoms with Crippen molar-refractivity contribution < 1.29 is 8.42 Å². The van der Waals surface area contributed by atoms with E-state index in [1.165, 1.54) is 0 Å². The molecule has 1 heterocycles. The van der Waals surface area contributed by atoms with Crippen LogP contribution < -0.4 is 10.6 Å². The maximum absolute atomic E-state index is 12.4. The summed E-state index contributed by atoms with van der Waals surface area (Å²) in [6.45, 7) is 4.54. The molecule has 1 saturated heterocycles. The molecule has 5 nitrogen and oxygen atoms in total. The van der Waals surface area contributed by atoms with Crippen LogP contribution in [0.1, 0.15) is 44.2 Å². The molecule has 0 spiro atoms. The zero-order valence-corrected chi connectivity index (χ0v) is 13.6. The summed E-state index contributed by atoms with van der Waals surface area (Å²) < 4.78 is 24.7. The summed E-state index contributed by atoms with van der Waals surface area (Å²) in [6, 6.07) is 7.89. The van der Waals surface area contributed by atoms with Crippen LogP contribution in [0.3, 0.4) is 0 Å². The highest BCUT2D eigenvalue weighted by atomic mass is 32.2. The molecular formula is C15H25N3O2S. The molecule has 0 amide bonds.